The molecule has 2 aliphatic rings. The Labute approximate surface area is 149 Å². The molecular formula is C17H18N3O4S-. The molecule has 8 heteroatoms. The molecular weight excluding hydrogens is 342 g/mol. The third-order valence-electron chi connectivity index (χ3n) is 4.11. The van der Waals surface area contributed by atoms with Crippen LogP contribution in [0.3, 0.4) is 0 Å². The summed E-state index contributed by atoms with van der Waals surface area (Å²) < 4.78 is 0. The van der Waals surface area contributed by atoms with Gasteiger partial charge >= 0.3 is 0 Å². The van der Waals surface area contributed by atoms with Crippen molar-refractivity contribution in [2.45, 2.75) is 30.9 Å². The molecule has 0 spiro atoms. The first-order valence-electron chi connectivity index (χ1n) is 8.18. The lowest BCUT2D eigenvalue weighted by Crippen LogP contribution is -2.33. The highest BCUT2D eigenvalue weighted by Crippen LogP contribution is 2.29. The summed E-state index contributed by atoms with van der Waals surface area (Å²) in [7, 11) is 0. The van der Waals surface area contributed by atoms with Gasteiger partial charge in [0.2, 0.25) is 5.91 Å². The van der Waals surface area contributed by atoms with Crippen LogP contribution in [0.5, 0.6) is 0 Å². The van der Waals surface area contributed by atoms with Gasteiger partial charge in [0, 0.05) is 25.2 Å². The Kier molecular flexibility index (Phi) is 5.37. The minimum absolute atomic E-state index is 0.000110. The van der Waals surface area contributed by atoms with E-state index < -0.39 is 11.2 Å². The number of anilines is 1. The first-order chi connectivity index (χ1) is 12.0. The topological polar surface area (TPSA) is 102 Å². The predicted octanol–water partition coefficient (Wildman–Crippen LogP) is 0.863. The van der Waals surface area contributed by atoms with E-state index in [2.05, 4.69) is 15.2 Å². The number of likely N-dealkylation sites (tertiary alicyclic amines) is 1. The fourth-order valence-corrected chi connectivity index (χ4v) is 3.95. The summed E-state index contributed by atoms with van der Waals surface area (Å²) in [5.41, 5.74) is 0.346. The number of hydrogen-bond acceptors (Lipinski definition) is 6. The summed E-state index contributed by atoms with van der Waals surface area (Å²) >= 11 is 1.33. The third kappa shape index (κ3) is 4.39. The van der Waals surface area contributed by atoms with Gasteiger partial charge in [0.25, 0.3) is 5.91 Å². The van der Waals surface area contributed by atoms with Gasteiger partial charge in [-0.15, -0.1) is 0 Å². The van der Waals surface area contributed by atoms with E-state index in [1.54, 1.807) is 6.07 Å². The van der Waals surface area contributed by atoms with E-state index in [9.17, 15) is 19.5 Å². The minimum Gasteiger partial charge on any atom is -0.545 e. The lowest BCUT2D eigenvalue weighted by molar-refractivity contribution is -0.255. The van der Waals surface area contributed by atoms with Crippen LogP contribution in [0.2, 0.25) is 0 Å². The van der Waals surface area contributed by atoms with Crippen molar-refractivity contribution in [1.82, 2.24) is 4.90 Å². The Morgan fingerprint density at radius 3 is 2.76 bits per heavy atom. The standard InChI is InChI=1S/C17H19N3O4S/c21-14(18-12-6-4-5-11(9-12)16(23)24)10-13-15(22)19-17(25-13)20-7-2-1-3-8-20/h4-6,9,13H,1-3,7-8,10H2,(H,18,21)(H,23,24)/p-1/t13-/m1/s1. The molecule has 1 aromatic carbocycles. The maximum absolute atomic E-state index is 12.2. The van der Waals surface area contributed by atoms with Crippen LogP contribution < -0.4 is 10.4 Å². The molecule has 25 heavy (non-hydrogen) atoms. The highest BCUT2D eigenvalue weighted by Gasteiger charge is 2.33. The smallest absolute Gasteiger partial charge is 0.262 e. The van der Waals surface area contributed by atoms with Gasteiger partial charge in [0.1, 0.15) is 5.25 Å². The summed E-state index contributed by atoms with van der Waals surface area (Å²) in [4.78, 5) is 41.3. The molecule has 0 saturated carbocycles. The van der Waals surface area contributed by atoms with Crippen molar-refractivity contribution in [2.75, 3.05) is 18.4 Å². The number of hydrogen-bond donors (Lipinski definition) is 1. The summed E-state index contributed by atoms with van der Waals surface area (Å²) in [5.74, 6) is -1.95. The monoisotopic (exact) mass is 360 g/mol. The van der Waals surface area contributed by atoms with E-state index in [-0.39, 0.29) is 23.8 Å². The lowest BCUT2D eigenvalue weighted by atomic mass is 10.1. The second kappa shape index (κ2) is 7.69. The molecule has 0 aromatic heterocycles. The van der Waals surface area contributed by atoms with E-state index in [0.717, 1.165) is 25.9 Å². The van der Waals surface area contributed by atoms with Crippen LogP contribution in [0, 0.1) is 0 Å². The molecule has 1 saturated heterocycles. The van der Waals surface area contributed by atoms with Crippen LogP contribution in [0.1, 0.15) is 36.0 Å². The molecule has 2 aliphatic heterocycles. The van der Waals surface area contributed by atoms with Gasteiger partial charge in [-0.25, -0.2) is 0 Å². The molecule has 0 radical (unpaired) electrons. The zero-order valence-corrected chi connectivity index (χ0v) is 14.4. The minimum atomic E-state index is -1.31. The Morgan fingerprint density at radius 2 is 2.04 bits per heavy atom. The van der Waals surface area contributed by atoms with E-state index in [1.807, 2.05) is 0 Å². The number of amides is 2. The maximum Gasteiger partial charge on any atom is 0.262 e. The van der Waals surface area contributed by atoms with Crippen LogP contribution in [0.15, 0.2) is 29.3 Å². The van der Waals surface area contributed by atoms with Gasteiger partial charge in [0.15, 0.2) is 5.17 Å². The number of carbonyl (C=O) groups is 3. The number of amidine groups is 1. The zero-order chi connectivity index (χ0) is 17.8. The van der Waals surface area contributed by atoms with E-state index >= 15 is 0 Å². The zero-order valence-electron chi connectivity index (χ0n) is 13.6. The van der Waals surface area contributed by atoms with Crippen molar-refractivity contribution >= 4 is 40.4 Å². The molecule has 1 fully saturated rings. The highest BCUT2D eigenvalue weighted by atomic mass is 32.2. The van der Waals surface area contributed by atoms with Crippen LogP contribution in [0.4, 0.5) is 5.69 Å². The molecule has 2 amide bonds. The average Bonchev–Trinajstić information content (AvgIpc) is 2.96. The Bertz CT molecular complexity index is 728. The Balaban J connectivity index is 1.56. The van der Waals surface area contributed by atoms with Crippen molar-refractivity contribution in [3.63, 3.8) is 0 Å². The summed E-state index contributed by atoms with van der Waals surface area (Å²) in [5, 5.41) is 13.7. The Hall–Kier alpha value is -2.35. The number of aliphatic imine (C=N–C) groups is 1. The molecule has 132 valence electrons. The molecule has 2 heterocycles. The van der Waals surface area contributed by atoms with Crippen LogP contribution in [0.25, 0.3) is 0 Å². The molecule has 1 atom stereocenters. The van der Waals surface area contributed by atoms with Gasteiger partial charge in [-0.05, 0) is 37.0 Å². The molecule has 1 N–H and O–H groups in total. The van der Waals surface area contributed by atoms with Crippen molar-refractivity contribution in [3.05, 3.63) is 29.8 Å². The maximum atomic E-state index is 12.2. The number of nitrogens with zero attached hydrogens (tertiary/aromatic N) is 2. The van der Waals surface area contributed by atoms with Crippen molar-refractivity contribution in [1.29, 1.82) is 0 Å². The number of aromatic carboxylic acids is 1. The molecule has 0 bridgehead atoms. The second-order valence-corrected chi connectivity index (χ2v) is 7.18. The number of benzene rings is 1. The number of carboxylic acid groups (broad SMARTS) is 1. The van der Waals surface area contributed by atoms with Gasteiger partial charge in [-0.2, -0.15) is 4.99 Å². The van der Waals surface area contributed by atoms with E-state index in [4.69, 9.17) is 0 Å². The van der Waals surface area contributed by atoms with Crippen LogP contribution in [-0.4, -0.2) is 46.2 Å². The quantitative estimate of drug-likeness (QED) is 0.854. The van der Waals surface area contributed by atoms with Crippen LogP contribution >= 0.6 is 11.8 Å². The Morgan fingerprint density at radius 1 is 1.28 bits per heavy atom. The predicted molar refractivity (Wildman–Crippen MR) is 93.3 cm³/mol. The summed E-state index contributed by atoms with van der Waals surface area (Å²) in [6, 6.07) is 5.82. The fraction of sp³-hybridized carbons (Fsp3) is 0.412. The highest BCUT2D eigenvalue weighted by molar-refractivity contribution is 8.15. The largest absolute Gasteiger partial charge is 0.545 e. The van der Waals surface area contributed by atoms with Gasteiger partial charge in [-0.1, -0.05) is 23.9 Å². The third-order valence-corrected chi connectivity index (χ3v) is 5.32. The average molecular weight is 360 g/mol. The van der Waals surface area contributed by atoms with Crippen molar-refractivity contribution in [3.8, 4) is 0 Å². The van der Waals surface area contributed by atoms with Crippen LogP contribution in [-0.2, 0) is 9.59 Å². The molecule has 0 aliphatic carbocycles. The molecule has 0 unspecified atom stereocenters. The fourth-order valence-electron chi connectivity index (χ4n) is 2.83. The van der Waals surface area contributed by atoms with Gasteiger partial charge < -0.3 is 20.1 Å². The van der Waals surface area contributed by atoms with Gasteiger partial charge in [0.05, 0.1) is 5.97 Å². The molecule has 1 aromatic rings. The number of carbonyl (C=O) groups excluding carboxylic acids is 3. The number of carboxylic acids is 1. The molecule has 3 rings (SSSR count). The van der Waals surface area contributed by atoms with Gasteiger partial charge in [-0.3, -0.25) is 9.59 Å². The summed E-state index contributed by atoms with van der Waals surface area (Å²) in [6.07, 6.45) is 3.38. The number of thioether (sulfide) groups is 1. The SMILES string of the molecule is O=C(C[C@H]1SC(N2CCCCC2)=NC1=O)Nc1cccc(C(=O)[O-])c1. The van der Waals surface area contributed by atoms with E-state index in [1.165, 1.54) is 36.4 Å². The van der Waals surface area contributed by atoms with E-state index in [0.29, 0.717) is 10.9 Å². The summed E-state index contributed by atoms with van der Waals surface area (Å²) in [6.45, 7) is 1.79. The number of piperidine rings is 1. The van der Waals surface area contributed by atoms with Crippen molar-refractivity contribution in [2.24, 2.45) is 4.99 Å². The normalized spacial score (nSPS) is 20.3. The van der Waals surface area contributed by atoms with Crippen molar-refractivity contribution < 1.29 is 19.5 Å². The number of rotatable bonds is 4. The lowest BCUT2D eigenvalue weighted by Gasteiger charge is -2.27. The first-order valence-corrected chi connectivity index (χ1v) is 9.06. The number of nitrogens with one attached hydrogen (secondary N) is 1. The second-order valence-electron chi connectivity index (χ2n) is 6.01. The first kappa shape index (κ1) is 17.5. The molecule has 7 nitrogen and oxygen atoms in total.